The Morgan fingerprint density at radius 1 is 1.08 bits per heavy atom. The third kappa shape index (κ3) is 5.26. The van der Waals surface area contributed by atoms with Crippen LogP contribution >= 0.6 is 0 Å². The number of hydrogen-bond acceptors (Lipinski definition) is 2. The Morgan fingerprint density at radius 3 is 2.42 bits per heavy atom. The molecule has 0 fully saturated rings. The Labute approximate surface area is 142 Å². The third-order valence-corrected chi connectivity index (χ3v) is 3.59. The van der Waals surface area contributed by atoms with Crippen molar-refractivity contribution in [3.05, 3.63) is 66.0 Å². The second kappa shape index (κ2) is 8.91. The summed E-state index contributed by atoms with van der Waals surface area (Å²) in [6.07, 6.45) is 0. The van der Waals surface area contributed by atoms with E-state index in [0.29, 0.717) is 6.54 Å². The Hall–Kier alpha value is -2.56. The number of amides is 2. The highest BCUT2D eigenvalue weighted by molar-refractivity contribution is 5.74. The van der Waals surface area contributed by atoms with Crippen molar-refractivity contribution in [2.45, 2.75) is 19.9 Å². The van der Waals surface area contributed by atoms with E-state index in [1.54, 1.807) is 18.2 Å². The molecular formula is C19H23FN2O2. The van der Waals surface area contributed by atoms with Gasteiger partial charge in [0.2, 0.25) is 0 Å². The van der Waals surface area contributed by atoms with E-state index in [1.165, 1.54) is 6.07 Å². The Kier molecular flexibility index (Phi) is 6.61. The lowest BCUT2D eigenvalue weighted by Crippen LogP contribution is -2.41. The average Bonchev–Trinajstić information content (AvgIpc) is 2.58. The van der Waals surface area contributed by atoms with E-state index in [2.05, 4.69) is 24.5 Å². The van der Waals surface area contributed by atoms with Crippen LogP contribution < -0.4 is 15.4 Å². The van der Waals surface area contributed by atoms with E-state index in [4.69, 9.17) is 4.74 Å². The molecule has 2 aromatic carbocycles. The molecule has 24 heavy (non-hydrogen) atoms. The molecule has 2 amide bonds. The Morgan fingerprint density at radius 2 is 1.75 bits per heavy atom. The largest absolute Gasteiger partial charge is 0.489 e. The van der Waals surface area contributed by atoms with Gasteiger partial charge in [-0.3, -0.25) is 0 Å². The van der Waals surface area contributed by atoms with Crippen molar-refractivity contribution in [3.8, 4) is 5.75 Å². The highest BCUT2D eigenvalue weighted by atomic mass is 19.1. The number of carbonyl (C=O) groups excluding carboxylic acids is 1. The van der Waals surface area contributed by atoms with Gasteiger partial charge in [-0.1, -0.05) is 56.3 Å². The summed E-state index contributed by atoms with van der Waals surface area (Å²) < 4.78 is 18.7. The van der Waals surface area contributed by atoms with Crippen molar-refractivity contribution in [2.75, 3.05) is 13.2 Å². The molecule has 0 aliphatic carbocycles. The Bertz CT molecular complexity index is 647. The summed E-state index contributed by atoms with van der Waals surface area (Å²) in [7, 11) is 0. The van der Waals surface area contributed by atoms with Crippen LogP contribution in [0.3, 0.4) is 0 Å². The number of para-hydroxylation sites is 1. The SMILES string of the molecule is CC(C)C(NC(=O)NCCOc1ccccc1F)c1ccccc1. The first-order valence-electron chi connectivity index (χ1n) is 8.04. The zero-order valence-corrected chi connectivity index (χ0v) is 14.0. The van der Waals surface area contributed by atoms with Gasteiger partial charge in [-0.25, -0.2) is 9.18 Å². The maximum atomic E-state index is 13.4. The molecule has 0 aromatic heterocycles. The van der Waals surface area contributed by atoms with Gasteiger partial charge in [-0.15, -0.1) is 0 Å². The first kappa shape index (κ1) is 17.8. The average molecular weight is 330 g/mol. The first-order chi connectivity index (χ1) is 11.6. The summed E-state index contributed by atoms with van der Waals surface area (Å²) in [6, 6.07) is 15.7. The lowest BCUT2D eigenvalue weighted by molar-refractivity contribution is 0.228. The molecule has 2 aromatic rings. The standard InChI is InChI=1S/C19H23FN2O2/c1-14(2)18(15-8-4-3-5-9-15)22-19(23)21-12-13-24-17-11-7-6-10-16(17)20/h3-11,14,18H,12-13H2,1-2H3,(H2,21,22,23). The normalized spacial score (nSPS) is 11.8. The summed E-state index contributed by atoms with van der Waals surface area (Å²) in [5.74, 6) is 0.0303. The van der Waals surface area contributed by atoms with Gasteiger partial charge in [0.15, 0.2) is 11.6 Å². The van der Waals surface area contributed by atoms with E-state index in [9.17, 15) is 9.18 Å². The number of hydrogen-bond donors (Lipinski definition) is 2. The number of ether oxygens (including phenoxy) is 1. The topological polar surface area (TPSA) is 50.4 Å². The number of carbonyl (C=O) groups is 1. The van der Waals surface area contributed by atoms with Gasteiger partial charge in [0.05, 0.1) is 12.6 Å². The quantitative estimate of drug-likeness (QED) is 0.757. The molecule has 5 heteroatoms. The van der Waals surface area contributed by atoms with Crippen molar-refractivity contribution < 1.29 is 13.9 Å². The molecule has 0 aliphatic rings. The summed E-state index contributed by atoms with van der Waals surface area (Å²) in [5, 5.41) is 5.69. The molecule has 1 unspecified atom stereocenters. The van der Waals surface area contributed by atoms with Crippen LogP contribution in [0.25, 0.3) is 0 Å². The molecule has 0 bridgehead atoms. The van der Waals surface area contributed by atoms with Gasteiger partial charge in [0.1, 0.15) is 6.61 Å². The molecular weight excluding hydrogens is 307 g/mol. The minimum atomic E-state index is -0.411. The second-order valence-electron chi connectivity index (χ2n) is 5.81. The van der Waals surface area contributed by atoms with Gasteiger partial charge < -0.3 is 15.4 Å². The zero-order valence-electron chi connectivity index (χ0n) is 14.0. The van der Waals surface area contributed by atoms with Crippen LogP contribution in [-0.2, 0) is 0 Å². The van der Waals surface area contributed by atoms with Crippen molar-refractivity contribution in [3.63, 3.8) is 0 Å². The van der Waals surface area contributed by atoms with Gasteiger partial charge in [0, 0.05) is 0 Å². The fourth-order valence-electron chi connectivity index (χ4n) is 2.37. The molecule has 2 rings (SSSR count). The van der Waals surface area contributed by atoms with Crippen molar-refractivity contribution in [1.82, 2.24) is 10.6 Å². The predicted octanol–water partition coefficient (Wildman–Crippen LogP) is 3.90. The van der Waals surface area contributed by atoms with Crippen LogP contribution in [0.15, 0.2) is 54.6 Å². The minimum absolute atomic E-state index is 0.0707. The minimum Gasteiger partial charge on any atom is -0.489 e. The van der Waals surface area contributed by atoms with Crippen LogP contribution in [0, 0.1) is 11.7 Å². The van der Waals surface area contributed by atoms with Gasteiger partial charge in [-0.2, -0.15) is 0 Å². The van der Waals surface area contributed by atoms with Crippen LogP contribution in [0.5, 0.6) is 5.75 Å². The third-order valence-electron chi connectivity index (χ3n) is 3.59. The smallest absolute Gasteiger partial charge is 0.315 e. The van der Waals surface area contributed by atoms with E-state index in [-0.39, 0.29) is 30.3 Å². The lowest BCUT2D eigenvalue weighted by atomic mass is 9.96. The second-order valence-corrected chi connectivity index (χ2v) is 5.81. The highest BCUT2D eigenvalue weighted by Crippen LogP contribution is 2.21. The number of rotatable bonds is 7. The maximum absolute atomic E-state index is 13.4. The van der Waals surface area contributed by atoms with Crippen molar-refractivity contribution >= 4 is 6.03 Å². The number of halogens is 1. The monoisotopic (exact) mass is 330 g/mol. The van der Waals surface area contributed by atoms with Crippen molar-refractivity contribution in [2.24, 2.45) is 5.92 Å². The summed E-state index contributed by atoms with van der Waals surface area (Å²) >= 11 is 0. The highest BCUT2D eigenvalue weighted by Gasteiger charge is 2.17. The van der Waals surface area contributed by atoms with Crippen molar-refractivity contribution in [1.29, 1.82) is 0 Å². The molecule has 0 heterocycles. The number of urea groups is 1. The van der Waals surface area contributed by atoms with E-state index in [1.807, 2.05) is 30.3 Å². The molecule has 4 nitrogen and oxygen atoms in total. The molecule has 0 saturated carbocycles. The lowest BCUT2D eigenvalue weighted by Gasteiger charge is -2.23. The Balaban J connectivity index is 1.79. The van der Waals surface area contributed by atoms with E-state index in [0.717, 1.165) is 5.56 Å². The van der Waals surface area contributed by atoms with Gasteiger partial charge in [0.25, 0.3) is 0 Å². The molecule has 0 saturated heterocycles. The summed E-state index contributed by atoms with van der Waals surface area (Å²) in [6.45, 7) is 4.60. The molecule has 0 spiro atoms. The molecule has 0 aliphatic heterocycles. The van der Waals surface area contributed by atoms with Crippen LogP contribution in [-0.4, -0.2) is 19.2 Å². The maximum Gasteiger partial charge on any atom is 0.315 e. The fraction of sp³-hybridized carbons (Fsp3) is 0.316. The van der Waals surface area contributed by atoms with Gasteiger partial charge in [-0.05, 0) is 23.6 Å². The number of benzene rings is 2. The molecule has 2 N–H and O–H groups in total. The molecule has 128 valence electrons. The summed E-state index contributed by atoms with van der Waals surface area (Å²) in [5.41, 5.74) is 1.06. The molecule has 0 radical (unpaired) electrons. The van der Waals surface area contributed by atoms with Crippen LogP contribution in [0.4, 0.5) is 9.18 Å². The van der Waals surface area contributed by atoms with Gasteiger partial charge >= 0.3 is 6.03 Å². The number of nitrogens with one attached hydrogen (secondary N) is 2. The van der Waals surface area contributed by atoms with Crippen LogP contribution in [0.1, 0.15) is 25.5 Å². The van der Waals surface area contributed by atoms with E-state index < -0.39 is 5.82 Å². The predicted molar refractivity (Wildman–Crippen MR) is 92.5 cm³/mol. The molecule has 1 atom stereocenters. The fourth-order valence-corrected chi connectivity index (χ4v) is 2.37. The van der Waals surface area contributed by atoms with E-state index >= 15 is 0 Å². The zero-order chi connectivity index (χ0) is 17.4. The first-order valence-corrected chi connectivity index (χ1v) is 8.04. The van der Waals surface area contributed by atoms with Crippen LogP contribution in [0.2, 0.25) is 0 Å². The summed E-state index contributed by atoms with van der Waals surface area (Å²) in [4.78, 5) is 12.1.